The van der Waals surface area contributed by atoms with Gasteiger partial charge in [0.05, 0.1) is 4.88 Å². The summed E-state index contributed by atoms with van der Waals surface area (Å²) in [5.41, 5.74) is 3.11. The van der Waals surface area contributed by atoms with Crippen LogP contribution in [-0.2, 0) is 6.54 Å². The Labute approximate surface area is 167 Å². The van der Waals surface area contributed by atoms with Gasteiger partial charge in [0.1, 0.15) is 0 Å². The van der Waals surface area contributed by atoms with Crippen molar-refractivity contribution in [1.82, 2.24) is 9.80 Å². The summed E-state index contributed by atoms with van der Waals surface area (Å²) in [5, 5.41) is 1.99. The van der Waals surface area contributed by atoms with Crippen molar-refractivity contribution in [2.45, 2.75) is 45.6 Å². The van der Waals surface area contributed by atoms with Gasteiger partial charge in [-0.05, 0) is 54.3 Å². The first-order valence-corrected chi connectivity index (χ1v) is 11.1. The van der Waals surface area contributed by atoms with Crippen molar-refractivity contribution in [3.05, 3.63) is 57.8 Å². The lowest BCUT2D eigenvalue weighted by atomic mass is 9.79. The van der Waals surface area contributed by atoms with Crippen LogP contribution in [0.5, 0.6) is 0 Å². The zero-order valence-electron chi connectivity index (χ0n) is 16.5. The third-order valence-corrected chi connectivity index (χ3v) is 7.11. The number of benzene rings is 1. The number of thiophene rings is 1. The summed E-state index contributed by atoms with van der Waals surface area (Å²) in [6, 6.07) is 13.0. The van der Waals surface area contributed by atoms with E-state index < -0.39 is 0 Å². The van der Waals surface area contributed by atoms with Gasteiger partial charge in [0, 0.05) is 31.6 Å². The summed E-state index contributed by atoms with van der Waals surface area (Å²) >= 11 is 1.56. The Bertz CT molecular complexity index is 768. The molecular weight excluding hydrogens is 352 g/mol. The second-order valence-electron chi connectivity index (χ2n) is 8.66. The van der Waals surface area contributed by atoms with Crippen LogP contribution in [-0.4, -0.2) is 41.9 Å². The van der Waals surface area contributed by atoms with Gasteiger partial charge in [-0.15, -0.1) is 11.3 Å². The summed E-state index contributed by atoms with van der Waals surface area (Å²) in [4.78, 5) is 18.3. The number of amides is 1. The first kappa shape index (κ1) is 18.7. The van der Waals surface area contributed by atoms with Crippen LogP contribution in [0.1, 0.15) is 59.8 Å². The lowest BCUT2D eigenvalue weighted by Gasteiger charge is -2.40. The fraction of sp³-hybridized carbons (Fsp3) is 0.522. The molecule has 0 radical (unpaired) electrons. The van der Waals surface area contributed by atoms with E-state index in [-0.39, 0.29) is 5.91 Å². The normalized spacial score (nSPS) is 23.4. The number of carbonyl (C=O) groups is 1. The van der Waals surface area contributed by atoms with Crippen LogP contribution in [0.25, 0.3) is 0 Å². The monoisotopic (exact) mass is 382 g/mol. The first-order chi connectivity index (χ1) is 13.0. The molecule has 4 rings (SSSR count). The summed E-state index contributed by atoms with van der Waals surface area (Å²) in [6.45, 7) is 9.64. The van der Waals surface area contributed by atoms with Gasteiger partial charge in [-0.25, -0.2) is 0 Å². The van der Waals surface area contributed by atoms with E-state index in [9.17, 15) is 4.79 Å². The quantitative estimate of drug-likeness (QED) is 0.743. The first-order valence-electron chi connectivity index (χ1n) is 10.2. The molecule has 3 heterocycles. The van der Waals surface area contributed by atoms with Gasteiger partial charge in [0.25, 0.3) is 5.91 Å². The molecule has 2 fully saturated rings. The van der Waals surface area contributed by atoms with E-state index in [0.29, 0.717) is 11.3 Å². The molecule has 3 nitrogen and oxygen atoms in total. The van der Waals surface area contributed by atoms with Gasteiger partial charge in [0.15, 0.2) is 0 Å². The van der Waals surface area contributed by atoms with E-state index in [1.54, 1.807) is 11.3 Å². The highest BCUT2D eigenvalue weighted by Gasteiger charge is 2.42. The van der Waals surface area contributed by atoms with E-state index in [2.05, 4.69) is 47.9 Å². The predicted molar refractivity (Wildman–Crippen MR) is 112 cm³/mol. The summed E-state index contributed by atoms with van der Waals surface area (Å²) in [7, 11) is 0. The Kier molecular flexibility index (Phi) is 5.38. The second kappa shape index (κ2) is 7.76. The summed E-state index contributed by atoms with van der Waals surface area (Å²) < 4.78 is 0. The van der Waals surface area contributed by atoms with Crippen LogP contribution in [0.15, 0.2) is 41.8 Å². The predicted octanol–water partition coefficient (Wildman–Crippen LogP) is 5.00. The van der Waals surface area contributed by atoms with Crippen molar-refractivity contribution in [1.29, 1.82) is 0 Å². The molecule has 1 amide bonds. The van der Waals surface area contributed by atoms with Crippen LogP contribution in [0.3, 0.4) is 0 Å². The molecule has 2 aromatic rings. The molecule has 1 atom stereocenters. The van der Waals surface area contributed by atoms with Crippen molar-refractivity contribution < 1.29 is 4.79 Å². The van der Waals surface area contributed by atoms with Crippen LogP contribution >= 0.6 is 11.3 Å². The molecule has 144 valence electrons. The minimum atomic E-state index is 0.225. The Morgan fingerprint density at radius 1 is 1.11 bits per heavy atom. The van der Waals surface area contributed by atoms with E-state index in [1.807, 2.05) is 17.5 Å². The van der Waals surface area contributed by atoms with Crippen LogP contribution in [0.2, 0.25) is 0 Å². The molecule has 2 saturated heterocycles. The van der Waals surface area contributed by atoms with Crippen LogP contribution in [0.4, 0.5) is 0 Å². The zero-order chi connectivity index (χ0) is 18.9. The molecule has 27 heavy (non-hydrogen) atoms. The lowest BCUT2D eigenvalue weighted by molar-refractivity contribution is 0.0679. The van der Waals surface area contributed by atoms with Crippen molar-refractivity contribution in [2.75, 3.05) is 26.2 Å². The van der Waals surface area contributed by atoms with E-state index in [0.717, 1.165) is 37.5 Å². The van der Waals surface area contributed by atoms with Gasteiger partial charge in [-0.3, -0.25) is 9.69 Å². The molecule has 2 aliphatic rings. The summed E-state index contributed by atoms with van der Waals surface area (Å²) in [6.07, 6.45) is 3.64. The largest absolute Gasteiger partial charge is 0.337 e. The van der Waals surface area contributed by atoms with E-state index >= 15 is 0 Å². The molecule has 1 aromatic heterocycles. The molecule has 2 aliphatic heterocycles. The van der Waals surface area contributed by atoms with Gasteiger partial charge in [0.2, 0.25) is 0 Å². The Hall–Kier alpha value is -1.65. The Morgan fingerprint density at radius 3 is 2.63 bits per heavy atom. The number of likely N-dealkylation sites (tertiary alicyclic amines) is 2. The number of carbonyl (C=O) groups excluding carboxylic acids is 1. The highest BCUT2D eigenvalue weighted by atomic mass is 32.1. The van der Waals surface area contributed by atoms with Crippen molar-refractivity contribution in [2.24, 2.45) is 5.41 Å². The third kappa shape index (κ3) is 4.12. The Balaban J connectivity index is 1.38. The third-order valence-electron chi connectivity index (χ3n) is 6.25. The molecule has 0 bridgehead atoms. The van der Waals surface area contributed by atoms with Gasteiger partial charge in [-0.1, -0.05) is 44.2 Å². The molecule has 0 saturated carbocycles. The van der Waals surface area contributed by atoms with Gasteiger partial charge in [-0.2, -0.15) is 0 Å². The molecule has 0 aliphatic carbocycles. The number of piperidine rings is 1. The smallest absolute Gasteiger partial charge is 0.263 e. The second-order valence-corrected chi connectivity index (χ2v) is 9.61. The molecular formula is C23H30N2OS. The van der Waals surface area contributed by atoms with Crippen molar-refractivity contribution in [3.8, 4) is 0 Å². The topological polar surface area (TPSA) is 23.6 Å². The minimum Gasteiger partial charge on any atom is -0.337 e. The SMILES string of the molecule is CC(C)c1ccc(CN2CCC[C@]3(CCN(C(=O)c4cccs4)C3)C2)cc1. The Morgan fingerprint density at radius 2 is 1.93 bits per heavy atom. The maximum absolute atomic E-state index is 12.7. The maximum atomic E-state index is 12.7. The number of hydrogen-bond acceptors (Lipinski definition) is 3. The minimum absolute atomic E-state index is 0.225. The average Bonchev–Trinajstić information content (AvgIpc) is 3.32. The number of rotatable bonds is 4. The fourth-order valence-electron chi connectivity index (χ4n) is 4.71. The molecule has 1 spiro atoms. The highest BCUT2D eigenvalue weighted by molar-refractivity contribution is 7.12. The van der Waals surface area contributed by atoms with Crippen molar-refractivity contribution in [3.63, 3.8) is 0 Å². The zero-order valence-corrected chi connectivity index (χ0v) is 17.3. The molecule has 1 aromatic carbocycles. The average molecular weight is 383 g/mol. The molecule has 4 heteroatoms. The van der Waals surface area contributed by atoms with E-state index in [4.69, 9.17) is 0 Å². The van der Waals surface area contributed by atoms with Crippen LogP contribution in [0, 0.1) is 5.41 Å². The number of hydrogen-bond donors (Lipinski definition) is 0. The van der Waals surface area contributed by atoms with Gasteiger partial charge >= 0.3 is 0 Å². The maximum Gasteiger partial charge on any atom is 0.263 e. The molecule has 0 N–H and O–H groups in total. The van der Waals surface area contributed by atoms with E-state index in [1.165, 1.54) is 30.5 Å². The highest BCUT2D eigenvalue weighted by Crippen LogP contribution is 2.40. The number of nitrogens with zero attached hydrogens (tertiary/aromatic N) is 2. The van der Waals surface area contributed by atoms with Crippen LogP contribution < -0.4 is 0 Å². The summed E-state index contributed by atoms with van der Waals surface area (Å²) in [5.74, 6) is 0.811. The standard InChI is InChI=1S/C23H30N2OS/c1-18(2)20-8-6-19(7-9-20)15-24-12-4-10-23(16-24)11-13-25(17-23)22(26)21-5-3-14-27-21/h3,5-9,14,18H,4,10-13,15-17H2,1-2H3/t23-/m0/s1. The van der Waals surface area contributed by atoms with Gasteiger partial charge < -0.3 is 4.90 Å². The molecule has 0 unspecified atom stereocenters. The fourth-order valence-corrected chi connectivity index (χ4v) is 5.40. The van der Waals surface area contributed by atoms with Crippen molar-refractivity contribution >= 4 is 17.2 Å². The lowest BCUT2D eigenvalue weighted by Crippen LogP contribution is -2.44.